The molecule has 0 radical (unpaired) electrons. The fraction of sp³-hybridized carbons (Fsp3) is 0.545. The minimum absolute atomic E-state index is 0.0372. The fourth-order valence-electron chi connectivity index (χ4n) is 2.58. The van der Waals surface area contributed by atoms with Crippen molar-refractivity contribution in [1.29, 1.82) is 0 Å². The van der Waals surface area contributed by atoms with E-state index in [4.69, 9.17) is 14.5 Å². The lowest BCUT2D eigenvalue weighted by molar-refractivity contribution is -0.0512. The Kier molecular flexibility index (Phi) is 4.30. The number of nitrogens with one attached hydrogen (secondary N) is 1. The molecule has 3 rings (SSSR count). The Labute approximate surface area is 133 Å². The summed E-state index contributed by atoms with van der Waals surface area (Å²) in [4.78, 5) is 39.6. The molecule has 12 nitrogen and oxygen atoms in total. The number of fused-ring (bicyclic) bond motifs is 1. The summed E-state index contributed by atoms with van der Waals surface area (Å²) in [6, 6.07) is 0. The Morgan fingerprint density at radius 1 is 1.42 bits per heavy atom. The molecular weight excluding hydrogens is 347 g/mol. The average Bonchev–Trinajstić information content (AvgIpc) is 2.96. The Balaban J connectivity index is 1.93. The van der Waals surface area contributed by atoms with Gasteiger partial charge in [0.25, 0.3) is 5.56 Å². The number of hydrogen-bond acceptors (Lipinski definition) is 8. The topological polar surface area (TPSA) is 180 Å². The average molecular weight is 362 g/mol. The highest BCUT2D eigenvalue weighted by atomic mass is 31.2. The SMILES string of the molecule is Cc1nc2c(=O)[nH]cnc2n1[C@@H]1O[C@H](COP(=O)(O)O)[C@@H](O)[C@H]1O. The summed E-state index contributed by atoms with van der Waals surface area (Å²) >= 11 is 0. The third-order valence-corrected chi connectivity index (χ3v) is 4.14. The monoisotopic (exact) mass is 362 g/mol. The van der Waals surface area contributed by atoms with Gasteiger partial charge in [0, 0.05) is 0 Å². The summed E-state index contributed by atoms with van der Waals surface area (Å²) in [7, 11) is -4.75. The Hall–Kier alpha value is -1.66. The minimum Gasteiger partial charge on any atom is -0.387 e. The first-order valence-electron chi connectivity index (χ1n) is 6.83. The molecule has 1 aliphatic rings. The zero-order chi connectivity index (χ0) is 17.6. The van der Waals surface area contributed by atoms with Gasteiger partial charge in [-0.1, -0.05) is 0 Å². The van der Waals surface area contributed by atoms with Crippen LogP contribution in [0.25, 0.3) is 11.2 Å². The van der Waals surface area contributed by atoms with Crippen LogP contribution in [0.2, 0.25) is 0 Å². The van der Waals surface area contributed by atoms with Crippen molar-refractivity contribution in [3.63, 3.8) is 0 Å². The number of rotatable bonds is 4. The summed E-state index contributed by atoms with van der Waals surface area (Å²) in [6.45, 7) is 0.932. The lowest BCUT2D eigenvalue weighted by Gasteiger charge is -2.18. The summed E-state index contributed by atoms with van der Waals surface area (Å²) in [6.07, 6.45) is -4.07. The van der Waals surface area contributed by atoms with Gasteiger partial charge in [0.05, 0.1) is 12.9 Å². The molecule has 0 spiro atoms. The van der Waals surface area contributed by atoms with Crippen LogP contribution in [-0.2, 0) is 13.8 Å². The normalized spacial score (nSPS) is 27.9. The summed E-state index contributed by atoms with van der Waals surface area (Å²) in [5, 5.41) is 20.2. The quantitative estimate of drug-likeness (QED) is 0.388. The summed E-state index contributed by atoms with van der Waals surface area (Å²) in [5.41, 5.74) is -0.296. The largest absolute Gasteiger partial charge is 0.469 e. The Bertz CT molecular complexity index is 859. The Morgan fingerprint density at radius 2 is 2.12 bits per heavy atom. The lowest BCUT2D eigenvalue weighted by Crippen LogP contribution is -2.33. The van der Waals surface area contributed by atoms with Crippen LogP contribution >= 0.6 is 7.82 Å². The second-order valence-electron chi connectivity index (χ2n) is 5.27. The van der Waals surface area contributed by atoms with Crippen LogP contribution in [0.4, 0.5) is 0 Å². The summed E-state index contributed by atoms with van der Waals surface area (Å²) < 4.78 is 21.9. The summed E-state index contributed by atoms with van der Waals surface area (Å²) in [5.74, 6) is 0.307. The molecule has 5 N–H and O–H groups in total. The lowest BCUT2D eigenvalue weighted by atomic mass is 10.1. The first kappa shape index (κ1) is 17.2. The van der Waals surface area contributed by atoms with Crippen molar-refractivity contribution >= 4 is 19.0 Å². The highest BCUT2D eigenvalue weighted by Crippen LogP contribution is 2.38. The number of aromatic amines is 1. The maximum atomic E-state index is 11.8. The first-order valence-corrected chi connectivity index (χ1v) is 8.36. The number of hydrogen-bond donors (Lipinski definition) is 5. The number of aromatic nitrogens is 4. The van der Waals surface area contributed by atoms with Gasteiger partial charge in [0.2, 0.25) is 0 Å². The van der Waals surface area contributed by atoms with Gasteiger partial charge < -0.3 is 29.7 Å². The number of phosphoric acid groups is 1. The number of aliphatic hydroxyl groups excluding tert-OH is 2. The number of aliphatic hydroxyl groups is 2. The molecular formula is C11H15N4O8P. The van der Waals surface area contributed by atoms with Gasteiger partial charge in [-0.05, 0) is 6.92 Å². The second kappa shape index (κ2) is 6.01. The predicted molar refractivity (Wildman–Crippen MR) is 76.8 cm³/mol. The molecule has 2 aromatic heterocycles. The molecule has 0 saturated carbocycles. The van der Waals surface area contributed by atoms with Gasteiger partial charge in [-0.25, -0.2) is 14.5 Å². The van der Waals surface area contributed by atoms with Gasteiger partial charge >= 0.3 is 7.82 Å². The van der Waals surface area contributed by atoms with Gasteiger partial charge in [-0.3, -0.25) is 13.9 Å². The van der Waals surface area contributed by atoms with E-state index in [0.717, 1.165) is 6.33 Å². The first-order chi connectivity index (χ1) is 11.2. The van der Waals surface area contributed by atoms with Gasteiger partial charge in [0.15, 0.2) is 17.4 Å². The van der Waals surface area contributed by atoms with Crippen molar-refractivity contribution in [1.82, 2.24) is 19.5 Å². The molecule has 1 saturated heterocycles. The van der Waals surface area contributed by atoms with E-state index < -0.39 is 44.5 Å². The van der Waals surface area contributed by atoms with E-state index in [9.17, 15) is 19.6 Å². The number of ether oxygens (including phenoxy) is 1. The third kappa shape index (κ3) is 3.00. The van der Waals surface area contributed by atoms with Crippen molar-refractivity contribution in [3.8, 4) is 0 Å². The van der Waals surface area contributed by atoms with Crippen molar-refractivity contribution in [2.24, 2.45) is 0 Å². The molecule has 0 aromatic carbocycles. The van der Waals surface area contributed by atoms with E-state index in [1.165, 1.54) is 4.57 Å². The molecule has 4 atom stereocenters. The highest BCUT2D eigenvalue weighted by molar-refractivity contribution is 7.46. The molecule has 3 heterocycles. The number of imidazole rings is 1. The van der Waals surface area contributed by atoms with Crippen LogP contribution < -0.4 is 5.56 Å². The smallest absolute Gasteiger partial charge is 0.387 e. The van der Waals surface area contributed by atoms with Gasteiger partial charge in [-0.15, -0.1) is 0 Å². The zero-order valence-electron chi connectivity index (χ0n) is 12.3. The maximum absolute atomic E-state index is 11.8. The van der Waals surface area contributed by atoms with Crippen LogP contribution in [0.5, 0.6) is 0 Å². The minimum atomic E-state index is -4.75. The van der Waals surface area contributed by atoms with Gasteiger partial charge in [-0.2, -0.15) is 0 Å². The maximum Gasteiger partial charge on any atom is 0.469 e. The molecule has 0 unspecified atom stereocenters. The van der Waals surface area contributed by atoms with Crippen molar-refractivity contribution < 1.29 is 33.8 Å². The van der Waals surface area contributed by atoms with E-state index in [-0.39, 0.29) is 11.2 Å². The molecule has 13 heteroatoms. The Morgan fingerprint density at radius 3 is 2.79 bits per heavy atom. The highest BCUT2D eigenvalue weighted by Gasteiger charge is 2.45. The molecule has 132 valence electrons. The van der Waals surface area contributed by atoms with Crippen LogP contribution in [-0.4, -0.2) is 64.4 Å². The van der Waals surface area contributed by atoms with E-state index in [0.29, 0.717) is 5.82 Å². The molecule has 0 amide bonds. The van der Waals surface area contributed by atoms with Gasteiger partial charge in [0.1, 0.15) is 24.1 Å². The van der Waals surface area contributed by atoms with Crippen LogP contribution in [0, 0.1) is 6.92 Å². The fourth-order valence-corrected chi connectivity index (χ4v) is 2.93. The molecule has 1 aliphatic heterocycles. The van der Waals surface area contributed by atoms with Crippen LogP contribution in [0.3, 0.4) is 0 Å². The number of aryl methyl sites for hydroxylation is 1. The van der Waals surface area contributed by atoms with Crippen LogP contribution in [0.1, 0.15) is 12.1 Å². The zero-order valence-corrected chi connectivity index (χ0v) is 13.2. The third-order valence-electron chi connectivity index (χ3n) is 3.66. The van der Waals surface area contributed by atoms with Crippen molar-refractivity contribution in [2.45, 2.75) is 31.5 Å². The van der Waals surface area contributed by atoms with E-state index in [1.807, 2.05) is 0 Å². The standard InChI is InChI=1S/C11H15N4O8P/c1-4-14-6-9(12-3-13-10(6)18)15(4)11-8(17)7(16)5(23-11)2-22-24(19,20)21/h3,5,7-8,11,16-17H,2H2,1H3,(H,12,13,18)(H2,19,20,21)/t5-,7-,8-,11-/m1/s1. The number of nitrogens with zero attached hydrogens (tertiary/aromatic N) is 3. The molecule has 0 aliphatic carbocycles. The second-order valence-corrected chi connectivity index (χ2v) is 6.50. The van der Waals surface area contributed by atoms with Crippen LogP contribution in [0.15, 0.2) is 11.1 Å². The van der Waals surface area contributed by atoms with Crippen molar-refractivity contribution in [3.05, 3.63) is 22.5 Å². The van der Waals surface area contributed by atoms with E-state index >= 15 is 0 Å². The molecule has 0 bridgehead atoms. The van der Waals surface area contributed by atoms with E-state index in [1.54, 1.807) is 6.92 Å². The predicted octanol–water partition coefficient (Wildman–Crippen LogP) is -1.84. The number of H-pyrrole nitrogens is 1. The molecule has 24 heavy (non-hydrogen) atoms. The molecule has 1 fully saturated rings. The number of phosphoric ester groups is 1. The molecule has 2 aromatic rings. The van der Waals surface area contributed by atoms with Crippen molar-refractivity contribution in [2.75, 3.05) is 6.61 Å². The van der Waals surface area contributed by atoms with E-state index in [2.05, 4.69) is 19.5 Å².